The number of halogens is 1. The van der Waals surface area contributed by atoms with Crippen LogP contribution in [0.4, 0.5) is 4.39 Å². The Bertz CT molecular complexity index is 1470. The molecule has 192 valence electrons. The molecule has 0 aliphatic carbocycles. The summed E-state index contributed by atoms with van der Waals surface area (Å²) < 4.78 is 24.9. The maximum absolute atomic E-state index is 13.5. The number of nitriles is 1. The lowest BCUT2D eigenvalue weighted by Crippen LogP contribution is -2.42. The van der Waals surface area contributed by atoms with Gasteiger partial charge >= 0.3 is 0 Å². The molecule has 7 heteroatoms. The molecule has 1 heterocycles. The van der Waals surface area contributed by atoms with E-state index in [0.29, 0.717) is 29.2 Å². The SMILES string of the molecule is CCOc1cc(/C=C2/C(=O)N(Cc3ccc(C)cc3)C(=O)C(C#N)=C2C)ccc1OCc1ccc(F)cc1. The van der Waals surface area contributed by atoms with Crippen molar-refractivity contribution in [2.45, 2.75) is 33.9 Å². The molecular formula is C31H27FN2O4. The summed E-state index contributed by atoms with van der Waals surface area (Å²) >= 11 is 0. The van der Waals surface area contributed by atoms with E-state index in [-0.39, 0.29) is 30.1 Å². The topological polar surface area (TPSA) is 79.6 Å². The highest BCUT2D eigenvalue weighted by molar-refractivity contribution is 6.19. The van der Waals surface area contributed by atoms with Crippen LogP contribution in [-0.2, 0) is 22.7 Å². The second-order valence-electron chi connectivity index (χ2n) is 8.91. The number of carbonyl (C=O) groups is 2. The number of rotatable bonds is 8. The third-order valence-corrected chi connectivity index (χ3v) is 6.17. The zero-order valence-electron chi connectivity index (χ0n) is 21.5. The van der Waals surface area contributed by atoms with E-state index in [1.54, 1.807) is 43.3 Å². The van der Waals surface area contributed by atoms with Crippen LogP contribution in [0.3, 0.4) is 0 Å². The van der Waals surface area contributed by atoms with Gasteiger partial charge in [0.1, 0.15) is 24.1 Å². The minimum Gasteiger partial charge on any atom is -0.490 e. The minimum atomic E-state index is -0.604. The summed E-state index contributed by atoms with van der Waals surface area (Å²) in [5, 5.41) is 9.69. The summed E-state index contributed by atoms with van der Waals surface area (Å²) in [6.07, 6.45) is 1.65. The van der Waals surface area contributed by atoms with Gasteiger partial charge in [-0.1, -0.05) is 48.0 Å². The van der Waals surface area contributed by atoms with Crippen LogP contribution in [0, 0.1) is 24.1 Å². The zero-order chi connectivity index (χ0) is 27.2. The van der Waals surface area contributed by atoms with Gasteiger partial charge in [0.2, 0.25) is 0 Å². The summed E-state index contributed by atoms with van der Waals surface area (Å²) in [6.45, 7) is 6.09. The van der Waals surface area contributed by atoms with E-state index in [9.17, 15) is 19.2 Å². The second kappa shape index (κ2) is 11.6. The second-order valence-corrected chi connectivity index (χ2v) is 8.91. The highest BCUT2D eigenvalue weighted by Gasteiger charge is 2.35. The Labute approximate surface area is 221 Å². The highest BCUT2D eigenvalue weighted by Crippen LogP contribution is 2.33. The fourth-order valence-corrected chi connectivity index (χ4v) is 4.06. The summed E-state index contributed by atoms with van der Waals surface area (Å²) in [5.74, 6) is -0.424. The van der Waals surface area contributed by atoms with Crippen molar-refractivity contribution in [1.29, 1.82) is 5.26 Å². The first kappa shape index (κ1) is 26.4. The molecule has 38 heavy (non-hydrogen) atoms. The molecular weight excluding hydrogens is 483 g/mol. The van der Waals surface area contributed by atoms with Gasteiger partial charge in [0.05, 0.1) is 13.2 Å². The van der Waals surface area contributed by atoms with Crippen LogP contribution >= 0.6 is 0 Å². The van der Waals surface area contributed by atoms with Gasteiger partial charge in [-0.05, 0) is 73.4 Å². The van der Waals surface area contributed by atoms with E-state index in [1.807, 2.05) is 44.2 Å². The van der Waals surface area contributed by atoms with Crippen LogP contribution < -0.4 is 9.47 Å². The number of carbonyl (C=O) groups excluding carboxylic acids is 2. The van der Waals surface area contributed by atoms with Crippen molar-refractivity contribution in [2.75, 3.05) is 6.61 Å². The monoisotopic (exact) mass is 510 g/mol. The van der Waals surface area contributed by atoms with Crippen LogP contribution in [0.2, 0.25) is 0 Å². The number of imide groups is 1. The van der Waals surface area contributed by atoms with E-state index in [2.05, 4.69) is 0 Å². The van der Waals surface area contributed by atoms with E-state index >= 15 is 0 Å². The Hall–Kier alpha value is -4.70. The summed E-state index contributed by atoms with van der Waals surface area (Å²) in [4.78, 5) is 27.5. The molecule has 6 nitrogen and oxygen atoms in total. The van der Waals surface area contributed by atoms with E-state index < -0.39 is 11.8 Å². The quantitative estimate of drug-likeness (QED) is 0.278. The molecule has 0 aromatic heterocycles. The molecule has 4 rings (SSSR count). The van der Waals surface area contributed by atoms with Crippen molar-refractivity contribution < 1.29 is 23.5 Å². The van der Waals surface area contributed by atoms with Crippen LogP contribution in [-0.4, -0.2) is 23.3 Å². The summed E-state index contributed by atoms with van der Waals surface area (Å²) in [6, 6.07) is 20.8. The first-order chi connectivity index (χ1) is 18.3. The average molecular weight is 511 g/mol. The fourth-order valence-electron chi connectivity index (χ4n) is 4.06. The molecule has 0 N–H and O–H groups in total. The van der Waals surface area contributed by atoms with Gasteiger partial charge < -0.3 is 9.47 Å². The van der Waals surface area contributed by atoms with Crippen molar-refractivity contribution in [3.63, 3.8) is 0 Å². The predicted octanol–water partition coefficient (Wildman–Crippen LogP) is 5.90. The van der Waals surface area contributed by atoms with Gasteiger partial charge in [-0.3, -0.25) is 14.5 Å². The van der Waals surface area contributed by atoms with Crippen LogP contribution in [0.15, 0.2) is 83.4 Å². The molecule has 0 saturated heterocycles. The molecule has 0 bridgehead atoms. The molecule has 0 atom stereocenters. The molecule has 0 saturated carbocycles. The van der Waals surface area contributed by atoms with E-state index in [1.165, 1.54) is 12.1 Å². The van der Waals surface area contributed by atoms with Gasteiger partial charge in [0.15, 0.2) is 11.5 Å². The van der Waals surface area contributed by atoms with Crippen LogP contribution in [0.1, 0.15) is 36.1 Å². The van der Waals surface area contributed by atoms with Crippen molar-refractivity contribution in [3.8, 4) is 17.6 Å². The summed E-state index contributed by atoms with van der Waals surface area (Å²) in [5.41, 5.74) is 3.83. The molecule has 1 aliphatic heterocycles. The number of benzene rings is 3. The summed E-state index contributed by atoms with van der Waals surface area (Å²) in [7, 11) is 0. The largest absolute Gasteiger partial charge is 0.490 e. The molecule has 3 aromatic carbocycles. The standard InChI is InChI=1S/C31H27FN2O4/c1-4-37-29-16-24(11-14-28(29)38-19-23-9-12-25(32)13-10-23)15-26-21(3)27(17-33)31(36)34(30(26)35)18-22-7-5-20(2)6-8-22/h5-16H,4,18-19H2,1-3H3/b26-15+. The predicted molar refractivity (Wildman–Crippen MR) is 141 cm³/mol. The molecule has 0 unspecified atom stereocenters. The van der Waals surface area contributed by atoms with Gasteiger partial charge in [-0.15, -0.1) is 0 Å². The fraction of sp³-hybridized carbons (Fsp3) is 0.194. The van der Waals surface area contributed by atoms with Crippen molar-refractivity contribution >= 4 is 17.9 Å². The Morgan fingerprint density at radius 3 is 2.24 bits per heavy atom. The Kier molecular flexibility index (Phi) is 8.03. The Balaban J connectivity index is 1.64. The third-order valence-electron chi connectivity index (χ3n) is 6.17. The number of aryl methyl sites for hydroxylation is 1. The molecule has 3 aromatic rings. The first-order valence-electron chi connectivity index (χ1n) is 12.2. The maximum atomic E-state index is 13.5. The van der Waals surface area contributed by atoms with Gasteiger partial charge in [-0.25, -0.2) is 4.39 Å². The number of hydrogen-bond donors (Lipinski definition) is 0. The minimum absolute atomic E-state index is 0.0627. The number of hydrogen-bond acceptors (Lipinski definition) is 5. The Morgan fingerprint density at radius 2 is 1.58 bits per heavy atom. The first-order valence-corrected chi connectivity index (χ1v) is 12.2. The van der Waals surface area contributed by atoms with Gasteiger partial charge in [0.25, 0.3) is 11.8 Å². The molecule has 0 radical (unpaired) electrons. The van der Waals surface area contributed by atoms with Crippen molar-refractivity contribution in [2.24, 2.45) is 0 Å². The number of amides is 2. The lowest BCUT2D eigenvalue weighted by molar-refractivity contribution is -0.141. The van der Waals surface area contributed by atoms with Crippen molar-refractivity contribution in [3.05, 3.63) is 112 Å². The average Bonchev–Trinajstić information content (AvgIpc) is 2.91. The van der Waals surface area contributed by atoms with Crippen molar-refractivity contribution in [1.82, 2.24) is 4.90 Å². The van der Waals surface area contributed by atoms with E-state index in [4.69, 9.17) is 9.47 Å². The van der Waals surface area contributed by atoms with Gasteiger partial charge in [-0.2, -0.15) is 5.26 Å². The van der Waals surface area contributed by atoms with Gasteiger partial charge in [0, 0.05) is 5.57 Å². The Morgan fingerprint density at radius 1 is 0.895 bits per heavy atom. The van der Waals surface area contributed by atoms with Crippen LogP contribution in [0.5, 0.6) is 11.5 Å². The number of ether oxygens (including phenoxy) is 2. The molecule has 2 amide bonds. The lowest BCUT2D eigenvalue weighted by Gasteiger charge is -2.27. The molecule has 0 spiro atoms. The molecule has 0 fully saturated rings. The normalized spacial score (nSPS) is 14.6. The molecule has 1 aliphatic rings. The zero-order valence-corrected chi connectivity index (χ0v) is 21.5. The number of nitrogens with zero attached hydrogens (tertiary/aromatic N) is 2. The maximum Gasteiger partial charge on any atom is 0.271 e. The smallest absolute Gasteiger partial charge is 0.271 e. The van der Waals surface area contributed by atoms with Crippen LogP contribution in [0.25, 0.3) is 6.08 Å². The third kappa shape index (κ3) is 5.81. The van der Waals surface area contributed by atoms with E-state index in [0.717, 1.165) is 21.6 Å². The highest BCUT2D eigenvalue weighted by atomic mass is 19.1. The lowest BCUT2D eigenvalue weighted by atomic mass is 9.93.